The van der Waals surface area contributed by atoms with Crippen molar-refractivity contribution in [3.8, 4) is 0 Å². The topological polar surface area (TPSA) is 40.6 Å². The molecule has 1 aromatic heterocycles. The summed E-state index contributed by atoms with van der Waals surface area (Å²) in [6.45, 7) is 6.70. The summed E-state index contributed by atoms with van der Waals surface area (Å²) in [6.07, 6.45) is 4.22. The minimum Gasteiger partial charge on any atom is -0.331 e. The number of rotatable bonds is 8. The van der Waals surface area contributed by atoms with E-state index in [4.69, 9.17) is 0 Å². The quantitative estimate of drug-likeness (QED) is 0.542. The Morgan fingerprint density at radius 2 is 1.93 bits per heavy atom. The summed E-state index contributed by atoms with van der Waals surface area (Å²) >= 11 is 1.70. The molecule has 6 heteroatoms. The van der Waals surface area contributed by atoms with Gasteiger partial charge in [-0.05, 0) is 61.4 Å². The van der Waals surface area contributed by atoms with Crippen LogP contribution in [0.2, 0.25) is 0 Å². The molecule has 3 rings (SSSR count). The van der Waals surface area contributed by atoms with Crippen LogP contribution in [0.5, 0.6) is 0 Å². The van der Waals surface area contributed by atoms with Gasteiger partial charge in [0, 0.05) is 23.9 Å². The number of carbonyl (C=O) groups excluding carboxylic acids is 2. The van der Waals surface area contributed by atoms with Crippen molar-refractivity contribution in [1.29, 1.82) is 0 Å². The van der Waals surface area contributed by atoms with E-state index < -0.39 is 0 Å². The van der Waals surface area contributed by atoms with E-state index in [9.17, 15) is 14.0 Å². The highest BCUT2D eigenvalue weighted by Gasteiger charge is 2.34. The van der Waals surface area contributed by atoms with Crippen molar-refractivity contribution < 1.29 is 14.0 Å². The van der Waals surface area contributed by atoms with Gasteiger partial charge in [-0.2, -0.15) is 0 Å². The first-order valence-corrected chi connectivity index (χ1v) is 11.7. The Labute approximate surface area is 182 Å². The Bertz CT molecular complexity index is 862. The predicted molar refractivity (Wildman–Crippen MR) is 119 cm³/mol. The molecule has 2 amide bonds. The lowest BCUT2D eigenvalue weighted by Gasteiger charge is -2.38. The summed E-state index contributed by atoms with van der Waals surface area (Å²) in [6, 6.07) is 8.17. The average molecular weight is 431 g/mol. The lowest BCUT2D eigenvalue weighted by molar-refractivity contribution is -0.143. The first kappa shape index (κ1) is 22.5. The first-order valence-electron chi connectivity index (χ1n) is 10.8. The third-order valence-corrected chi connectivity index (χ3v) is 6.71. The number of thiophene rings is 1. The first-order chi connectivity index (χ1) is 14.4. The summed E-state index contributed by atoms with van der Waals surface area (Å²) in [5, 5.41) is 2.05. The van der Waals surface area contributed by atoms with E-state index >= 15 is 0 Å². The molecule has 0 saturated carbocycles. The monoisotopic (exact) mass is 430 g/mol. The Kier molecular flexibility index (Phi) is 7.64. The van der Waals surface area contributed by atoms with Crippen LogP contribution in [0, 0.1) is 5.82 Å². The number of hydrogen-bond acceptors (Lipinski definition) is 3. The van der Waals surface area contributed by atoms with Crippen molar-refractivity contribution in [2.45, 2.75) is 65.0 Å². The van der Waals surface area contributed by atoms with E-state index in [0.717, 1.165) is 36.8 Å². The smallest absolute Gasteiger partial charge is 0.243 e. The Morgan fingerprint density at radius 1 is 1.20 bits per heavy atom. The molecule has 0 aliphatic carbocycles. The number of halogens is 1. The summed E-state index contributed by atoms with van der Waals surface area (Å²) in [5.41, 5.74) is 2.01. The van der Waals surface area contributed by atoms with Crippen molar-refractivity contribution in [2.24, 2.45) is 0 Å². The van der Waals surface area contributed by atoms with Crippen molar-refractivity contribution in [3.63, 3.8) is 0 Å². The molecule has 2 heterocycles. The van der Waals surface area contributed by atoms with Crippen LogP contribution in [0.3, 0.4) is 0 Å². The summed E-state index contributed by atoms with van der Waals surface area (Å²) in [5.74, 6) is -0.307. The normalized spacial score (nSPS) is 15.9. The molecule has 1 atom stereocenters. The average Bonchev–Trinajstić information content (AvgIpc) is 3.20. The third kappa shape index (κ3) is 5.09. The zero-order valence-electron chi connectivity index (χ0n) is 18.1. The van der Waals surface area contributed by atoms with Gasteiger partial charge in [0.25, 0.3) is 0 Å². The van der Waals surface area contributed by atoms with Crippen LogP contribution >= 0.6 is 11.3 Å². The van der Waals surface area contributed by atoms with E-state index in [1.54, 1.807) is 28.4 Å². The predicted octanol–water partition coefficient (Wildman–Crippen LogP) is 5.18. The zero-order chi connectivity index (χ0) is 21.7. The van der Waals surface area contributed by atoms with Gasteiger partial charge in [0.05, 0.1) is 6.04 Å². The fraction of sp³-hybridized carbons (Fsp3) is 0.500. The Morgan fingerprint density at radius 3 is 2.60 bits per heavy atom. The second kappa shape index (κ2) is 10.2. The highest BCUT2D eigenvalue weighted by atomic mass is 32.1. The van der Waals surface area contributed by atoms with Crippen molar-refractivity contribution in [2.75, 3.05) is 13.1 Å². The third-order valence-electron chi connectivity index (χ3n) is 5.72. The molecular formula is C24H31FN2O2S. The molecule has 0 saturated heterocycles. The van der Waals surface area contributed by atoms with Crippen LogP contribution in [-0.4, -0.2) is 40.7 Å². The van der Waals surface area contributed by atoms with Crippen LogP contribution in [-0.2, 0) is 16.0 Å². The van der Waals surface area contributed by atoms with E-state index in [-0.39, 0.29) is 36.3 Å². The number of hydrogen-bond donors (Lipinski definition) is 0. The molecule has 4 nitrogen and oxygen atoms in total. The van der Waals surface area contributed by atoms with Crippen molar-refractivity contribution >= 4 is 23.2 Å². The maximum absolute atomic E-state index is 13.5. The maximum atomic E-state index is 13.5. The van der Waals surface area contributed by atoms with Gasteiger partial charge < -0.3 is 9.80 Å². The standard InChI is InChI=1S/C24H31FN2O2S/c1-4-5-6-7-22(28)27(17(2)3)16-23(29)26-14-12-21-20(13-15-30-21)24(26)18-8-10-19(25)11-9-18/h8-11,13,15,17,24H,4-7,12,14,16H2,1-3H3/t24-/m1/s1. The molecule has 162 valence electrons. The molecule has 2 aromatic rings. The SMILES string of the molecule is CCCCCC(=O)N(CC(=O)N1CCc2sccc2[C@H]1c1ccc(F)cc1)C(C)C. The van der Waals surface area contributed by atoms with E-state index in [1.807, 2.05) is 24.1 Å². The lowest BCUT2D eigenvalue weighted by atomic mass is 9.93. The summed E-state index contributed by atoms with van der Waals surface area (Å²) in [4.78, 5) is 31.0. The molecular weight excluding hydrogens is 399 g/mol. The van der Waals surface area contributed by atoms with Crippen LogP contribution in [0.4, 0.5) is 4.39 Å². The van der Waals surface area contributed by atoms with E-state index in [0.29, 0.717) is 13.0 Å². The number of amides is 2. The van der Waals surface area contributed by atoms with Crippen LogP contribution < -0.4 is 0 Å². The molecule has 0 unspecified atom stereocenters. The van der Waals surface area contributed by atoms with Crippen molar-refractivity contribution in [3.05, 3.63) is 57.5 Å². The van der Waals surface area contributed by atoms with E-state index in [2.05, 4.69) is 13.0 Å². The van der Waals surface area contributed by atoms with Gasteiger partial charge in [-0.1, -0.05) is 31.9 Å². The minimum absolute atomic E-state index is 0.0335. The molecule has 0 radical (unpaired) electrons. The lowest BCUT2D eigenvalue weighted by Crippen LogP contribution is -2.48. The van der Waals surface area contributed by atoms with Crippen molar-refractivity contribution in [1.82, 2.24) is 9.80 Å². The number of fused-ring (bicyclic) bond motifs is 1. The van der Waals surface area contributed by atoms with Gasteiger partial charge in [0.15, 0.2) is 0 Å². The minimum atomic E-state index is -0.290. The molecule has 30 heavy (non-hydrogen) atoms. The molecule has 1 aliphatic heterocycles. The highest BCUT2D eigenvalue weighted by molar-refractivity contribution is 7.10. The number of nitrogens with zero attached hydrogens (tertiary/aromatic N) is 2. The number of carbonyl (C=O) groups is 2. The van der Waals surface area contributed by atoms with Gasteiger partial charge in [0.2, 0.25) is 11.8 Å². The fourth-order valence-electron chi connectivity index (χ4n) is 4.05. The molecule has 0 spiro atoms. The van der Waals surface area contributed by atoms with Gasteiger partial charge in [-0.15, -0.1) is 11.3 Å². The Hall–Kier alpha value is -2.21. The highest BCUT2D eigenvalue weighted by Crippen LogP contribution is 2.38. The summed E-state index contributed by atoms with van der Waals surface area (Å²) in [7, 11) is 0. The molecule has 0 fully saturated rings. The van der Waals surface area contributed by atoms with Gasteiger partial charge in [0.1, 0.15) is 12.4 Å². The second-order valence-electron chi connectivity index (χ2n) is 8.16. The molecule has 0 N–H and O–H groups in total. The van der Waals surface area contributed by atoms with E-state index in [1.165, 1.54) is 17.0 Å². The second-order valence-corrected chi connectivity index (χ2v) is 9.16. The largest absolute Gasteiger partial charge is 0.331 e. The van der Waals surface area contributed by atoms with Crippen LogP contribution in [0.15, 0.2) is 35.7 Å². The van der Waals surface area contributed by atoms with Gasteiger partial charge in [-0.3, -0.25) is 9.59 Å². The van der Waals surface area contributed by atoms with Crippen LogP contribution in [0.1, 0.15) is 68.5 Å². The number of benzene rings is 1. The fourth-order valence-corrected chi connectivity index (χ4v) is 4.96. The maximum Gasteiger partial charge on any atom is 0.243 e. The van der Waals surface area contributed by atoms with Gasteiger partial charge >= 0.3 is 0 Å². The molecule has 0 bridgehead atoms. The van der Waals surface area contributed by atoms with Crippen LogP contribution in [0.25, 0.3) is 0 Å². The summed E-state index contributed by atoms with van der Waals surface area (Å²) < 4.78 is 13.5. The Balaban J connectivity index is 1.82. The molecule has 1 aromatic carbocycles. The zero-order valence-corrected chi connectivity index (χ0v) is 18.9. The van der Waals surface area contributed by atoms with Gasteiger partial charge in [-0.25, -0.2) is 4.39 Å². The number of unbranched alkanes of at least 4 members (excludes halogenated alkanes) is 2. The molecule has 1 aliphatic rings.